The van der Waals surface area contributed by atoms with Gasteiger partial charge in [-0.25, -0.2) is 0 Å². The maximum absolute atomic E-state index is 12.3. The summed E-state index contributed by atoms with van der Waals surface area (Å²) in [7, 11) is 0. The number of nitrogen functional groups attached to an aromatic ring is 1. The van der Waals surface area contributed by atoms with E-state index in [0.29, 0.717) is 6.07 Å². The van der Waals surface area contributed by atoms with Gasteiger partial charge in [-0.2, -0.15) is 13.2 Å². The summed E-state index contributed by atoms with van der Waals surface area (Å²) in [6, 6.07) is 0.407. The van der Waals surface area contributed by atoms with E-state index in [2.05, 4.69) is 0 Å². The van der Waals surface area contributed by atoms with Crippen molar-refractivity contribution in [3.63, 3.8) is 0 Å². The molecular formula is C7H7F3N2O. The Kier molecular flexibility index (Phi) is 1.30. The molecule has 0 spiro atoms. The Bertz CT molecular complexity index is 463. The van der Waals surface area contributed by atoms with Crippen LogP contribution in [0.4, 0.5) is 18.9 Å². The highest BCUT2D eigenvalue weighted by molar-refractivity contribution is 5.38. The Morgan fingerprint density at radius 3 is 2.69 bits per heavy atom. The number of pyridine rings is 1. The largest absolute Gasteiger partial charge is 0.417 e. The van der Waals surface area contributed by atoms with Gasteiger partial charge in [0.05, 0.1) is 11.3 Å². The third kappa shape index (κ3) is 1.82. The van der Waals surface area contributed by atoms with Crippen LogP contribution in [0.3, 0.4) is 0 Å². The fraction of sp³-hybridized carbons (Fsp3) is 0.286. The summed E-state index contributed by atoms with van der Waals surface area (Å²) in [5.74, 6) is 0. The lowest BCUT2D eigenvalue weighted by atomic mass is 10.2. The summed E-state index contributed by atoms with van der Waals surface area (Å²) in [5.41, 5.74) is 1.82. The highest BCUT2D eigenvalue weighted by atomic mass is 19.4. The van der Waals surface area contributed by atoms with Gasteiger partial charge in [0.2, 0.25) is 0 Å². The Morgan fingerprint density at radius 2 is 2.23 bits per heavy atom. The van der Waals surface area contributed by atoms with Crippen LogP contribution in [0.25, 0.3) is 0 Å². The van der Waals surface area contributed by atoms with Crippen LogP contribution in [-0.4, -0.2) is 4.57 Å². The van der Waals surface area contributed by atoms with Crippen LogP contribution in [0.1, 0.15) is 9.68 Å². The minimum atomic E-state index is -4.76. The molecule has 0 aromatic carbocycles. The molecule has 6 heteroatoms. The van der Waals surface area contributed by atoms with Crippen molar-refractivity contribution in [1.82, 2.24) is 4.57 Å². The van der Waals surface area contributed by atoms with Crippen molar-refractivity contribution < 1.29 is 17.3 Å². The molecule has 1 rings (SSSR count). The molecule has 72 valence electrons. The van der Waals surface area contributed by atoms with Gasteiger partial charge in [-0.1, -0.05) is 0 Å². The van der Waals surface area contributed by atoms with E-state index in [1.54, 1.807) is 0 Å². The van der Waals surface area contributed by atoms with E-state index in [9.17, 15) is 18.0 Å². The Hall–Kier alpha value is -1.46. The number of aromatic nitrogens is 1. The van der Waals surface area contributed by atoms with Gasteiger partial charge in [0, 0.05) is 17.3 Å². The standard InChI is InChI=1S/C7H7F3N2O/c1-12-3-4(7(8,9)10)2-5(11)6(12)13/h2-3H,11H2,1H3/i1D3. The molecule has 1 heterocycles. The maximum Gasteiger partial charge on any atom is 0.417 e. The van der Waals surface area contributed by atoms with Crippen LogP contribution in [0.5, 0.6) is 0 Å². The number of hydrogen-bond acceptors (Lipinski definition) is 2. The van der Waals surface area contributed by atoms with Crippen LogP contribution in [0.15, 0.2) is 17.1 Å². The SMILES string of the molecule is [2H]C([2H])([2H])n1cc(C(F)(F)F)cc(N)c1=O. The number of alkyl halides is 3. The fourth-order valence-electron chi connectivity index (χ4n) is 0.758. The topological polar surface area (TPSA) is 48.0 Å². The summed E-state index contributed by atoms with van der Waals surface area (Å²) < 4.78 is 57.6. The van der Waals surface area contributed by atoms with Crippen LogP contribution < -0.4 is 11.3 Å². The van der Waals surface area contributed by atoms with Gasteiger partial charge < -0.3 is 10.3 Å². The zero-order valence-corrected chi connectivity index (χ0v) is 6.22. The van der Waals surface area contributed by atoms with Crippen molar-refractivity contribution in [2.75, 3.05) is 5.73 Å². The third-order valence-corrected chi connectivity index (χ3v) is 1.37. The molecule has 0 saturated heterocycles. The lowest BCUT2D eigenvalue weighted by Gasteiger charge is -2.08. The molecule has 1 aromatic rings. The number of aryl methyl sites for hydroxylation is 1. The molecule has 0 atom stereocenters. The lowest BCUT2D eigenvalue weighted by molar-refractivity contribution is -0.138. The second kappa shape index (κ2) is 2.79. The second-order valence-corrected chi connectivity index (χ2v) is 2.36. The summed E-state index contributed by atoms with van der Waals surface area (Å²) in [6.07, 6.45) is -4.53. The number of rotatable bonds is 0. The summed E-state index contributed by atoms with van der Waals surface area (Å²) in [6.45, 7) is -2.99. The number of anilines is 1. The molecule has 0 bridgehead atoms. The van der Waals surface area contributed by atoms with Crippen molar-refractivity contribution in [2.45, 2.75) is 6.18 Å². The molecule has 0 aliphatic rings. The predicted molar refractivity (Wildman–Crippen MR) is 41.1 cm³/mol. The van der Waals surface area contributed by atoms with Crippen molar-refractivity contribution in [3.05, 3.63) is 28.2 Å². The van der Waals surface area contributed by atoms with E-state index >= 15 is 0 Å². The monoisotopic (exact) mass is 195 g/mol. The molecule has 0 amide bonds. The van der Waals surface area contributed by atoms with Crippen molar-refractivity contribution in [3.8, 4) is 0 Å². The molecule has 13 heavy (non-hydrogen) atoms. The maximum atomic E-state index is 12.3. The quantitative estimate of drug-likeness (QED) is 0.671. The molecule has 2 N–H and O–H groups in total. The molecule has 1 aromatic heterocycles. The molecular weight excluding hydrogens is 185 g/mol. The van der Waals surface area contributed by atoms with Gasteiger partial charge in [-0.15, -0.1) is 0 Å². The zero-order chi connectivity index (χ0) is 12.7. The van der Waals surface area contributed by atoms with Crippen molar-refractivity contribution in [1.29, 1.82) is 0 Å². The predicted octanol–water partition coefficient (Wildman–Crippen LogP) is 0.986. The Labute approximate surface area is 75.8 Å². The highest BCUT2D eigenvalue weighted by Gasteiger charge is 2.31. The first kappa shape index (κ1) is 6.06. The lowest BCUT2D eigenvalue weighted by Crippen LogP contribution is -2.22. The first-order valence-corrected chi connectivity index (χ1v) is 3.13. The molecule has 0 fully saturated rings. The number of hydrogen-bond donors (Lipinski definition) is 1. The normalized spacial score (nSPS) is 16.1. The first-order chi connectivity index (χ1) is 7.03. The van der Waals surface area contributed by atoms with Gasteiger partial charge in [0.15, 0.2) is 0 Å². The molecule has 0 aliphatic carbocycles. The van der Waals surface area contributed by atoms with Gasteiger partial charge in [0.1, 0.15) is 0 Å². The average Bonchev–Trinajstić information content (AvgIpc) is 2.05. The zero-order valence-electron chi connectivity index (χ0n) is 9.22. The second-order valence-electron chi connectivity index (χ2n) is 2.36. The number of halogens is 3. The molecule has 0 aliphatic heterocycles. The van der Waals surface area contributed by atoms with E-state index < -0.39 is 30.0 Å². The van der Waals surface area contributed by atoms with E-state index in [-0.39, 0.29) is 10.8 Å². The average molecular weight is 195 g/mol. The van der Waals surface area contributed by atoms with E-state index in [1.165, 1.54) is 0 Å². The Balaban J connectivity index is 3.53. The van der Waals surface area contributed by atoms with Gasteiger partial charge >= 0.3 is 6.18 Å². The van der Waals surface area contributed by atoms with Crippen LogP contribution >= 0.6 is 0 Å². The third-order valence-electron chi connectivity index (χ3n) is 1.37. The van der Waals surface area contributed by atoms with E-state index in [0.717, 1.165) is 0 Å². The first-order valence-electron chi connectivity index (χ1n) is 4.63. The smallest absolute Gasteiger partial charge is 0.394 e. The molecule has 3 nitrogen and oxygen atoms in total. The molecule has 0 unspecified atom stereocenters. The summed E-state index contributed by atoms with van der Waals surface area (Å²) in [5, 5.41) is 0. The number of nitrogens with zero attached hydrogens (tertiary/aromatic N) is 1. The van der Waals surface area contributed by atoms with Crippen LogP contribution in [-0.2, 0) is 13.2 Å². The van der Waals surface area contributed by atoms with Gasteiger partial charge in [-0.3, -0.25) is 4.79 Å². The van der Waals surface area contributed by atoms with E-state index in [4.69, 9.17) is 9.85 Å². The van der Waals surface area contributed by atoms with E-state index in [1.807, 2.05) is 0 Å². The minimum Gasteiger partial charge on any atom is -0.394 e. The van der Waals surface area contributed by atoms with Crippen molar-refractivity contribution in [2.24, 2.45) is 6.98 Å². The minimum absolute atomic E-state index is 0.00877. The number of nitrogens with two attached hydrogens (primary N) is 1. The Morgan fingerprint density at radius 1 is 1.62 bits per heavy atom. The van der Waals surface area contributed by atoms with Gasteiger partial charge in [-0.05, 0) is 6.07 Å². The van der Waals surface area contributed by atoms with Crippen LogP contribution in [0.2, 0.25) is 0 Å². The van der Waals surface area contributed by atoms with Gasteiger partial charge in [0.25, 0.3) is 5.56 Å². The summed E-state index contributed by atoms with van der Waals surface area (Å²) >= 11 is 0. The highest BCUT2D eigenvalue weighted by Crippen LogP contribution is 2.28. The van der Waals surface area contributed by atoms with Crippen molar-refractivity contribution >= 4 is 5.69 Å². The molecule has 0 radical (unpaired) electrons. The van der Waals surface area contributed by atoms with Crippen LogP contribution in [0, 0.1) is 0 Å². The fourth-order valence-corrected chi connectivity index (χ4v) is 0.758. The summed E-state index contributed by atoms with van der Waals surface area (Å²) in [4.78, 5) is 11.2. The molecule has 0 saturated carbocycles.